The zero-order valence-corrected chi connectivity index (χ0v) is 13.1. The fourth-order valence-electron chi connectivity index (χ4n) is 2.66. The van der Waals surface area contributed by atoms with Crippen molar-refractivity contribution in [2.24, 2.45) is 0 Å². The van der Waals surface area contributed by atoms with Gasteiger partial charge in [0.1, 0.15) is 0 Å². The fraction of sp³-hybridized carbons (Fsp3) is 1.00. The predicted molar refractivity (Wildman–Crippen MR) is 77.5 cm³/mol. The normalized spacial score (nSPS) is 42.8. The summed E-state index contributed by atoms with van der Waals surface area (Å²) in [5, 5.41) is 1.81. The molecule has 4 unspecified atom stereocenters. The van der Waals surface area contributed by atoms with E-state index in [0.717, 1.165) is 20.2 Å². The summed E-state index contributed by atoms with van der Waals surface area (Å²) in [6, 6.07) is 0. The Labute approximate surface area is 115 Å². The largest absolute Gasteiger partial charge is 0.154 e. The van der Waals surface area contributed by atoms with Crippen LogP contribution in [-0.2, 0) is 0 Å². The average Bonchev–Trinajstić information content (AvgIpc) is 2.22. The number of thioether (sulfide) groups is 1. The van der Waals surface area contributed by atoms with Crippen LogP contribution in [0.25, 0.3) is 0 Å². The fourth-order valence-corrected chi connectivity index (χ4v) is 6.40. The van der Waals surface area contributed by atoms with Crippen LogP contribution in [0, 0.1) is 0 Å². The van der Waals surface area contributed by atoms with Gasteiger partial charge in [0.2, 0.25) is 0 Å². The monoisotopic (exact) mass is 354 g/mol. The molecule has 2 aliphatic rings. The van der Waals surface area contributed by atoms with Crippen molar-refractivity contribution in [3.05, 3.63) is 0 Å². The first-order valence-electron chi connectivity index (χ1n) is 6.19. The molecule has 2 aliphatic carbocycles. The molecule has 15 heavy (non-hydrogen) atoms. The highest BCUT2D eigenvalue weighted by Crippen LogP contribution is 2.40. The Balaban J connectivity index is 1.79. The van der Waals surface area contributed by atoms with Gasteiger partial charge in [0, 0.05) is 20.2 Å². The molecule has 0 N–H and O–H groups in total. The molecule has 0 bridgehead atoms. The molecule has 0 nitrogen and oxygen atoms in total. The van der Waals surface area contributed by atoms with Gasteiger partial charge < -0.3 is 0 Å². The van der Waals surface area contributed by atoms with Gasteiger partial charge in [0.15, 0.2) is 0 Å². The second kappa shape index (κ2) is 6.30. The van der Waals surface area contributed by atoms with Gasteiger partial charge in [-0.2, -0.15) is 11.8 Å². The van der Waals surface area contributed by atoms with E-state index < -0.39 is 0 Å². The second-order valence-electron chi connectivity index (χ2n) is 4.86. The summed E-state index contributed by atoms with van der Waals surface area (Å²) in [5.41, 5.74) is 0. The maximum atomic E-state index is 3.86. The lowest BCUT2D eigenvalue weighted by Crippen LogP contribution is -2.27. The van der Waals surface area contributed by atoms with E-state index in [2.05, 4.69) is 43.6 Å². The standard InChI is InChI=1S/C12H20Br2S/c13-9-4-3-5-10(8-9)15-12-7-2-1-6-11(12)14/h9-12H,1-8H2. The molecular formula is C12H20Br2S. The van der Waals surface area contributed by atoms with Crippen molar-refractivity contribution in [2.45, 2.75) is 71.5 Å². The lowest BCUT2D eigenvalue weighted by Gasteiger charge is -2.33. The Hall–Kier alpha value is 1.31. The highest BCUT2D eigenvalue weighted by atomic mass is 79.9. The Morgan fingerprint density at radius 3 is 2.40 bits per heavy atom. The van der Waals surface area contributed by atoms with Crippen LogP contribution < -0.4 is 0 Å². The number of hydrogen-bond donors (Lipinski definition) is 0. The molecule has 2 saturated carbocycles. The van der Waals surface area contributed by atoms with Gasteiger partial charge in [-0.3, -0.25) is 0 Å². The Bertz CT molecular complexity index is 198. The first kappa shape index (κ1) is 12.8. The van der Waals surface area contributed by atoms with Crippen LogP contribution in [0.4, 0.5) is 0 Å². The lowest BCUT2D eigenvalue weighted by molar-refractivity contribution is 0.512. The average molecular weight is 356 g/mol. The number of rotatable bonds is 2. The van der Waals surface area contributed by atoms with Gasteiger partial charge in [-0.1, -0.05) is 51.1 Å². The van der Waals surface area contributed by atoms with Crippen molar-refractivity contribution in [3.63, 3.8) is 0 Å². The van der Waals surface area contributed by atoms with Crippen molar-refractivity contribution < 1.29 is 0 Å². The molecular weight excluding hydrogens is 336 g/mol. The summed E-state index contributed by atoms with van der Waals surface area (Å²) in [6.45, 7) is 0. The Kier molecular flexibility index (Phi) is 5.36. The molecule has 0 radical (unpaired) electrons. The van der Waals surface area contributed by atoms with Crippen molar-refractivity contribution in [1.29, 1.82) is 0 Å². The van der Waals surface area contributed by atoms with Crippen LogP contribution >= 0.6 is 43.6 Å². The summed E-state index contributed by atoms with van der Waals surface area (Å²) < 4.78 is 0. The second-order valence-corrected chi connectivity index (χ2v) is 8.88. The number of halogens is 2. The molecule has 0 aromatic heterocycles. The van der Waals surface area contributed by atoms with Gasteiger partial charge in [-0.05, 0) is 32.1 Å². The summed E-state index contributed by atoms with van der Waals surface area (Å²) >= 11 is 9.92. The SMILES string of the molecule is BrC1CCCC(SC2CCCCC2Br)C1. The van der Waals surface area contributed by atoms with Crippen molar-refractivity contribution in [1.82, 2.24) is 0 Å². The molecule has 2 fully saturated rings. The van der Waals surface area contributed by atoms with E-state index in [9.17, 15) is 0 Å². The molecule has 4 atom stereocenters. The molecule has 0 aromatic carbocycles. The molecule has 2 rings (SSSR count). The molecule has 0 heterocycles. The summed E-state index contributed by atoms with van der Waals surface area (Å²) in [6.07, 6.45) is 11.4. The molecule has 0 aromatic rings. The lowest BCUT2D eigenvalue weighted by atomic mass is 9.99. The zero-order chi connectivity index (χ0) is 10.7. The van der Waals surface area contributed by atoms with Crippen molar-refractivity contribution >= 4 is 43.6 Å². The molecule has 0 spiro atoms. The summed E-state index contributed by atoms with van der Waals surface area (Å²) in [4.78, 5) is 1.58. The third-order valence-corrected chi connectivity index (χ3v) is 7.56. The molecule has 0 amide bonds. The van der Waals surface area contributed by atoms with E-state index in [0.29, 0.717) is 0 Å². The van der Waals surface area contributed by atoms with Gasteiger partial charge >= 0.3 is 0 Å². The van der Waals surface area contributed by atoms with Crippen LogP contribution in [0.1, 0.15) is 51.4 Å². The third kappa shape index (κ3) is 3.92. The van der Waals surface area contributed by atoms with Crippen molar-refractivity contribution in [2.75, 3.05) is 0 Å². The van der Waals surface area contributed by atoms with E-state index in [1.54, 1.807) is 0 Å². The minimum absolute atomic E-state index is 0.784. The van der Waals surface area contributed by atoms with Gasteiger partial charge in [0.25, 0.3) is 0 Å². The maximum Gasteiger partial charge on any atom is 0.0264 e. The van der Waals surface area contributed by atoms with Gasteiger partial charge in [0.05, 0.1) is 0 Å². The minimum atomic E-state index is 0.784. The van der Waals surface area contributed by atoms with Crippen LogP contribution in [0.2, 0.25) is 0 Å². The third-order valence-electron chi connectivity index (χ3n) is 3.55. The first-order chi connectivity index (χ1) is 7.25. The van der Waals surface area contributed by atoms with Gasteiger partial charge in [-0.25, -0.2) is 0 Å². The van der Waals surface area contributed by atoms with Crippen LogP contribution in [0.5, 0.6) is 0 Å². The molecule has 88 valence electrons. The quantitative estimate of drug-likeness (QED) is 0.618. The predicted octanol–water partition coefficient (Wildman–Crippen LogP) is 5.13. The molecule has 3 heteroatoms. The van der Waals surface area contributed by atoms with E-state index in [1.165, 1.54) is 51.4 Å². The highest BCUT2D eigenvalue weighted by Gasteiger charge is 2.28. The smallest absolute Gasteiger partial charge is 0.0264 e. The summed E-state index contributed by atoms with van der Waals surface area (Å²) in [5.74, 6) is 0. The number of hydrogen-bond acceptors (Lipinski definition) is 1. The van der Waals surface area contributed by atoms with Crippen molar-refractivity contribution in [3.8, 4) is 0 Å². The Morgan fingerprint density at radius 1 is 0.867 bits per heavy atom. The zero-order valence-electron chi connectivity index (χ0n) is 9.13. The summed E-state index contributed by atoms with van der Waals surface area (Å²) in [7, 11) is 0. The van der Waals surface area contributed by atoms with E-state index in [1.807, 2.05) is 0 Å². The van der Waals surface area contributed by atoms with Crippen LogP contribution in [0.3, 0.4) is 0 Å². The maximum absolute atomic E-state index is 3.86. The number of alkyl halides is 2. The van der Waals surface area contributed by atoms with E-state index in [4.69, 9.17) is 0 Å². The van der Waals surface area contributed by atoms with Crippen LogP contribution in [-0.4, -0.2) is 20.2 Å². The highest BCUT2D eigenvalue weighted by molar-refractivity contribution is 9.09. The minimum Gasteiger partial charge on any atom is -0.154 e. The van der Waals surface area contributed by atoms with E-state index in [-0.39, 0.29) is 0 Å². The van der Waals surface area contributed by atoms with Crippen LogP contribution in [0.15, 0.2) is 0 Å². The topological polar surface area (TPSA) is 0 Å². The Morgan fingerprint density at radius 2 is 1.67 bits per heavy atom. The molecule has 0 saturated heterocycles. The molecule has 0 aliphatic heterocycles. The first-order valence-corrected chi connectivity index (χ1v) is 8.96. The van der Waals surface area contributed by atoms with E-state index >= 15 is 0 Å². The van der Waals surface area contributed by atoms with Gasteiger partial charge in [-0.15, -0.1) is 0 Å².